The lowest BCUT2D eigenvalue weighted by Crippen LogP contribution is -2.38. The lowest BCUT2D eigenvalue weighted by Gasteiger charge is -2.27. The normalized spacial score (nSPS) is 41.1. The molecule has 1 aliphatic heterocycles. The molecule has 3 unspecified atom stereocenters. The number of hydrogen-bond donors (Lipinski definition) is 1. The Hall–Kier alpha value is -0.570. The summed E-state index contributed by atoms with van der Waals surface area (Å²) in [6.07, 6.45) is -0.0812. The van der Waals surface area contributed by atoms with Gasteiger partial charge < -0.3 is 9.84 Å². The molecule has 1 rings (SSSR count). The average Bonchev–Trinajstić information content (AvgIpc) is 1.82. The van der Waals surface area contributed by atoms with Crippen molar-refractivity contribution in [2.24, 2.45) is 5.92 Å². The maximum atomic E-state index is 10.8. The number of aliphatic hydroxyl groups excluding tert-OH is 1. The van der Waals surface area contributed by atoms with E-state index in [-0.39, 0.29) is 18.0 Å². The number of cyclic esters (lactones) is 1. The Bertz CT molecular complexity index is 144. The fourth-order valence-electron chi connectivity index (χ4n) is 1.06. The number of ether oxygens (including phenoxy) is 1. The Balaban J connectivity index is 2.57. The SMILES string of the molecule is CC1CC(O)C(C)C(=O)O1. The van der Waals surface area contributed by atoms with Crippen LogP contribution in [-0.2, 0) is 9.53 Å². The first-order valence-corrected chi connectivity index (χ1v) is 3.50. The van der Waals surface area contributed by atoms with Gasteiger partial charge in [-0.3, -0.25) is 4.79 Å². The summed E-state index contributed by atoms with van der Waals surface area (Å²) >= 11 is 0. The van der Waals surface area contributed by atoms with Crippen molar-refractivity contribution in [1.29, 1.82) is 0 Å². The average molecular weight is 144 g/mol. The number of esters is 1. The molecule has 3 nitrogen and oxygen atoms in total. The van der Waals surface area contributed by atoms with E-state index in [9.17, 15) is 9.90 Å². The van der Waals surface area contributed by atoms with E-state index in [1.54, 1.807) is 13.8 Å². The van der Waals surface area contributed by atoms with Crippen molar-refractivity contribution in [3.8, 4) is 0 Å². The van der Waals surface area contributed by atoms with Crippen LogP contribution < -0.4 is 0 Å². The van der Waals surface area contributed by atoms with Gasteiger partial charge in [-0.1, -0.05) is 0 Å². The fourth-order valence-corrected chi connectivity index (χ4v) is 1.06. The second kappa shape index (κ2) is 2.58. The molecule has 3 heteroatoms. The second-order valence-corrected chi connectivity index (χ2v) is 2.84. The Morgan fingerprint density at radius 3 is 2.70 bits per heavy atom. The summed E-state index contributed by atoms with van der Waals surface area (Å²) in [5, 5.41) is 9.22. The third-order valence-electron chi connectivity index (χ3n) is 1.84. The van der Waals surface area contributed by atoms with E-state index in [2.05, 4.69) is 0 Å². The predicted octanol–water partition coefficient (Wildman–Crippen LogP) is 0.319. The van der Waals surface area contributed by atoms with Crippen LogP contribution in [0.3, 0.4) is 0 Å². The van der Waals surface area contributed by atoms with Gasteiger partial charge >= 0.3 is 5.97 Å². The zero-order valence-electron chi connectivity index (χ0n) is 6.20. The minimum Gasteiger partial charge on any atom is -0.462 e. The monoisotopic (exact) mass is 144 g/mol. The van der Waals surface area contributed by atoms with E-state index in [0.29, 0.717) is 6.42 Å². The highest BCUT2D eigenvalue weighted by Gasteiger charge is 2.31. The van der Waals surface area contributed by atoms with E-state index in [1.165, 1.54) is 0 Å². The van der Waals surface area contributed by atoms with Gasteiger partial charge in [-0.15, -0.1) is 0 Å². The van der Waals surface area contributed by atoms with E-state index >= 15 is 0 Å². The molecule has 0 bridgehead atoms. The fraction of sp³-hybridized carbons (Fsp3) is 0.857. The Morgan fingerprint density at radius 1 is 1.60 bits per heavy atom. The molecule has 1 fully saturated rings. The number of hydrogen-bond acceptors (Lipinski definition) is 3. The maximum Gasteiger partial charge on any atom is 0.311 e. The molecule has 10 heavy (non-hydrogen) atoms. The summed E-state index contributed by atoms with van der Waals surface area (Å²) in [6, 6.07) is 0. The molecule has 1 aliphatic rings. The van der Waals surface area contributed by atoms with Gasteiger partial charge in [0.05, 0.1) is 12.0 Å². The predicted molar refractivity (Wildman–Crippen MR) is 35.3 cm³/mol. The highest BCUT2D eigenvalue weighted by atomic mass is 16.5. The van der Waals surface area contributed by atoms with Gasteiger partial charge in [0.1, 0.15) is 6.10 Å². The van der Waals surface area contributed by atoms with Crippen molar-refractivity contribution in [3.63, 3.8) is 0 Å². The largest absolute Gasteiger partial charge is 0.462 e. The standard InChI is InChI=1S/C7H12O3/c1-4-3-6(8)5(2)7(9)10-4/h4-6,8H,3H2,1-2H3. The summed E-state index contributed by atoms with van der Waals surface area (Å²) in [7, 11) is 0. The molecule has 3 atom stereocenters. The quantitative estimate of drug-likeness (QED) is 0.498. The molecule has 0 spiro atoms. The van der Waals surface area contributed by atoms with Crippen molar-refractivity contribution >= 4 is 5.97 Å². The van der Waals surface area contributed by atoms with Crippen LogP contribution in [0.15, 0.2) is 0 Å². The molecule has 0 aliphatic carbocycles. The van der Waals surface area contributed by atoms with Crippen LogP contribution in [-0.4, -0.2) is 23.3 Å². The van der Waals surface area contributed by atoms with E-state index in [0.717, 1.165) is 0 Å². The lowest BCUT2D eigenvalue weighted by molar-refractivity contribution is -0.166. The van der Waals surface area contributed by atoms with Crippen LogP contribution in [0.1, 0.15) is 20.3 Å². The molecule has 58 valence electrons. The van der Waals surface area contributed by atoms with Crippen molar-refractivity contribution in [2.75, 3.05) is 0 Å². The van der Waals surface area contributed by atoms with Crippen molar-refractivity contribution in [3.05, 3.63) is 0 Å². The van der Waals surface area contributed by atoms with Gasteiger partial charge in [0.15, 0.2) is 0 Å². The smallest absolute Gasteiger partial charge is 0.311 e. The van der Waals surface area contributed by atoms with E-state index in [1.807, 2.05) is 0 Å². The Kier molecular flexibility index (Phi) is 1.94. The minimum absolute atomic E-state index is 0.126. The number of aliphatic hydroxyl groups is 1. The summed E-state index contributed by atoms with van der Waals surface area (Å²) < 4.78 is 4.87. The van der Waals surface area contributed by atoms with Gasteiger partial charge in [0.25, 0.3) is 0 Å². The van der Waals surface area contributed by atoms with Crippen LogP contribution in [0, 0.1) is 5.92 Å². The summed E-state index contributed by atoms with van der Waals surface area (Å²) in [4.78, 5) is 10.8. The minimum atomic E-state index is -0.517. The third kappa shape index (κ3) is 1.29. The van der Waals surface area contributed by atoms with Crippen LogP contribution in [0.25, 0.3) is 0 Å². The first kappa shape index (κ1) is 7.54. The first-order valence-electron chi connectivity index (χ1n) is 3.50. The lowest BCUT2D eigenvalue weighted by atomic mass is 9.97. The molecule has 0 aromatic rings. The third-order valence-corrected chi connectivity index (χ3v) is 1.84. The molecule has 1 heterocycles. The molecule has 0 saturated carbocycles. The van der Waals surface area contributed by atoms with Crippen molar-refractivity contribution < 1.29 is 14.6 Å². The molecule has 0 aromatic carbocycles. The molecule has 1 saturated heterocycles. The topological polar surface area (TPSA) is 46.5 Å². The Morgan fingerprint density at radius 2 is 2.20 bits per heavy atom. The zero-order valence-corrected chi connectivity index (χ0v) is 6.20. The zero-order chi connectivity index (χ0) is 7.72. The van der Waals surface area contributed by atoms with Crippen LogP contribution >= 0.6 is 0 Å². The van der Waals surface area contributed by atoms with E-state index in [4.69, 9.17) is 4.74 Å². The number of rotatable bonds is 0. The van der Waals surface area contributed by atoms with Crippen LogP contribution in [0.2, 0.25) is 0 Å². The van der Waals surface area contributed by atoms with Gasteiger partial charge in [-0.2, -0.15) is 0 Å². The number of carbonyl (C=O) groups is 1. The molecule has 1 N–H and O–H groups in total. The van der Waals surface area contributed by atoms with Gasteiger partial charge in [0, 0.05) is 6.42 Å². The van der Waals surface area contributed by atoms with Gasteiger partial charge in [-0.05, 0) is 13.8 Å². The van der Waals surface area contributed by atoms with Crippen molar-refractivity contribution in [1.82, 2.24) is 0 Å². The second-order valence-electron chi connectivity index (χ2n) is 2.84. The Labute approximate surface area is 60.0 Å². The maximum absolute atomic E-state index is 10.8. The molecular formula is C7H12O3. The molecular weight excluding hydrogens is 132 g/mol. The molecule has 0 amide bonds. The highest BCUT2D eigenvalue weighted by molar-refractivity contribution is 5.73. The van der Waals surface area contributed by atoms with Gasteiger partial charge in [0.2, 0.25) is 0 Å². The van der Waals surface area contributed by atoms with Crippen molar-refractivity contribution in [2.45, 2.75) is 32.5 Å². The molecule has 0 aromatic heterocycles. The summed E-state index contributed by atoms with van der Waals surface area (Å²) in [5.74, 6) is -0.637. The highest BCUT2D eigenvalue weighted by Crippen LogP contribution is 2.19. The summed E-state index contributed by atoms with van der Waals surface area (Å²) in [6.45, 7) is 3.46. The van der Waals surface area contributed by atoms with E-state index < -0.39 is 6.10 Å². The van der Waals surface area contributed by atoms with Crippen LogP contribution in [0.5, 0.6) is 0 Å². The van der Waals surface area contributed by atoms with Crippen LogP contribution in [0.4, 0.5) is 0 Å². The van der Waals surface area contributed by atoms with Gasteiger partial charge in [-0.25, -0.2) is 0 Å². The summed E-state index contributed by atoms with van der Waals surface area (Å²) in [5.41, 5.74) is 0. The first-order chi connectivity index (χ1) is 4.61. The molecule has 0 radical (unpaired) electrons. The number of carbonyl (C=O) groups excluding carboxylic acids is 1.